The number of aromatic nitrogens is 2. The van der Waals surface area contributed by atoms with Crippen LogP contribution in [0.5, 0.6) is 0 Å². The minimum atomic E-state index is -0.474. The van der Waals surface area contributed by atoms with Crippen molar-refractivity contribution in [1.29, 1.82) is 0 Å². The van der Waals surface area contributed by atoms with Crippen molar-refractivity contribution in [2.45, 2.75) is 10.1 Å². The molecule has 0 aliphatic carbocycles. The Balaban J connectivity index is 1.85. The molecule has 27 heavy (non-hydrogen) atoms. The zero-order valence-corrected chi connectivity index (χ0v) is 15.4. The first-order valence-electron chi connectivity index (χ1n) is 7.75. The molecule has 3 rings (SSSR count). The van der Waals surface area contributed by atoms with E-state index >= 15 is 0 Å². The molecule has 0 fully saturated rings. The summed E-state index contributed by atoms with van der Waals surface area (Å²) in [6.45, 7) is 0. The first kappa shape index (κ1) is 18.8. The first-order valence-corrected chi connectivity index (χ1v) is 8.94. The lowest BCUT2D eigenvalue weighted by Gasteiger charge is -2.03. The van der Waals surface area contributed by atoms with E-state index in [-0.39, 0.29) is 11.5 Å². The van der Waals surface area contributed by atoms with Gasteiger partial charge in [0.05, 0.1) is 14.8 Å². The zero-order valence-electron chi connectivity index (χ0n) is 13.8. The summed E-state index contributed by atoms with van der Waals surface area (Å²) < 4.78 is 0. The Hall–Kier alpha value is -3.03. The minimum Gasteiger partial charge on any atom is -0.289 e. The summed E-state index contributed by atoms with van der Waals surface area (Å²) in [7, 11) is 0. The monoisotopic (exact) mass is 397 g/mol. The van der Waals surface area contributed by atoms with Crippen LogP contribution in [-0.4, -0.2) is 20.7 Å². The van der Waals surface area contributed by atoms with Crippen molar-refractivity contribution in [3.05, 3.63) is 93.3 Å². The number of nitrogens with zero attached hydrogens (tertiary/aromatic N) is 3. The van der Waals surface area contributed by atoms with Crippen molar-refractivity contribution in [2.75, 3.05) is 0 Å². The van der Waals surface area contributed by atoms with Crippen LogP contribution in [0.25, 0.3) is 6.08 Å². The average molecular weight is 398 g/mol. The number of ketones is 1. The largest absolute Gasteiger partial charge is 0.289 e. The number of nitro groups is 1. The molecule has 0 aliphatic rings. The second kappa shape index (κ2) is 8.57. The smallest absolute Gasteiger partial charge is 0.283 e. The molecule has 134 valence electrons. The molecule has 0 atom stereocenters. The molecule has 0 amide bonds. The number of allylic oxidation sites excluding steroid dienone is 1. The van der Waals surface area contributed by atoms with Crippen LogP contribution in [0.15, 0.2) is 77.1 Å². The lowest BCUT2D eigenvalue weighted by molar-refractivity contribution is -0.387. The van der Waals surface area contributed by atoms with Gasteiger partial charge < -0.3 is 0 Å². The predicted molar refractivity (Wildman–Crippen MR) is 104 cm³/mol. The van der Waals surface area contributed by atoms with E-state index in [0.717, 1.165) is 11.8 Å². The summed E-state index contributed by atoms with van der Waals surface area (Å²) in [4.78, 5) is 31.7. The number of benzene rings is 2. The quantitative estimate of drug-likeness (QED) is 0.189. The van der Waals surface area contributed by atoms with Crippen molar-refractivity contribution >= 4 is 40.9 Å². The Morgan fingerprint density at radius 3 is 2.56 bits per heavy atom. The van der Waals surface area contributed by atoms with E-state index in [1.807, 2.05) is 0 Å². The summed E-state index contributed by atoms with van der Waals surface area (Å²) in [6.07, 6.45) is 6.00. The summed E-state index contributed by atoms with van der Waals surface area (Å²) in [5.41, 5.74) is 0.818. The fourth-order valence-corrected chi connectivity index (χ4v) is 3.25. The van der Waals surface area contributed by atoms with Gasteiger partial charge in [-0.3, -0.25) is 14.9 Å². The molecule has 1 heterocycles. The first-order chi connectivity index (χ1) is 13.0. The van der Waals surface area contributed by atoms with Crippen LogP contribution in [0.1, 0.15) is 15.9 Å². The van der Waals surface area contributed by atoms with Crippen LogP contribution in [0.4, 0.5) is 5.69 Å². The lowest BCUT2D eigenvalue weighted by atomic mass is 10.1. The molecule has 0 unspecified atom stereocenters. The Labute approximate surface area is 164 Å². The third-order valence-corrected chi connectivity index (χ3v) is 4.78. The molecule has 2 aromatic carbocycles. The molecular formula is C19H12ClN3O3S. The molecule has 0 radical (unpaired) electrons. The highest BCUT2D eigenvalue weighted by atomic mass is 35.5. The van der Waals surface area contributed by atoms with E-state index in [1.165, 1.54) is 18.2 Å². The molecule has 1 aromatic heterocycles. The standard InChI is InChI=1S/C19H12ClN3O3S/c20-15-5-2-1-4-14(15)17(24)8-6-13-7-9-18(16(12-13)23(25)26)27-19-21-10-3-11-22-19/h1-12H/b8-6-. The van der Waals surface area contributed by atoms with Crippen molar-refractivity contribution in [3.8, 4) is 0 Å². The molecule has 6 nitrogen and oxygen atoms in total. The van der Waals surface area contributed by atoms with Gasteiger partial charge in [-0.2, -0.15) is 0 Å². The second-order valence-electron chi connectivity index (χ2n) is 5.30. The van der Waals surface area contributed by atoms with Gasteiger partial charge >= 0.3 is 0 Å². The van der Waals surface area contributed by atoms with Gasteiger partial charge in [-0.25, -0.2) is 9.97 Å². The number of hydrogen-bond acceptors (Lipinski definition) is 6. The van der Waals surface area contributed by atoms with Gasteiger partial charge in [0, 0.05) is 24.0 Å². The predicted octanol–water partition coefficient (Wildman–Crippen LogP) is 5.09. The second-order valence-corrected chi connectivity index (χ2v) is 6.71. The van der Waals surface area contributed by atoms with Gasteiger partial charge in [0.25, 0.3) is 5.69 Å². The highest BCUT2D eigenvalue weighted by molar-refractivity contribution is 7.99. The van der Waals surface area contributed by atoms with Crippen molar-refractivity contribution in [1.82, 2.24) is 9.97 Å². The fourth-order valence-electron chi connectivity index (χ4n) is 2.23. The van der Waals surface area contributed by atoms with Crippen LogP contribution in [0.2, 0.25) is 5.02 Å². The Kier molecular flexibility index (Phi) is 5.95. The molecular weight excluding hydrogens is 386 g/mol. The molecule has 8 heteroatoms. The summed E-state index contributed by atoms with van der Waals surface area (Å²) in [5, 5.41) is 12.2. The topological polar surface area (TPSA) is 86.0 Å². The third kappa shape index (κ3) is 4.78. The number of halogens is 1. The van der Waals surface area contributed by atoms with E-state index in [0.29, 0.717) is 26.2 Å². The molecule has 0 bridgehead atoms. The van der Waals surface area contributed by atoms with Crippen LogP contribution in [0.3, 0.4) is 0 Å². The van der Waals surface area contributed by atoms with Gasteiger partial charge in [0.15, 0.2) is 10.9 Å². The van der Waals surface area contributed by atoms with E-state index in [2.05, 4.69) is 9.97 Å². The SMILES string of the molecule is O=C(/C=C\c1ccc(Sc2ncccn2)c([N+](=O)[O-])c1)c1ccccc1Cl. The number of carbonyl (C=O) groups excluding carboxylic acids is 1. The zero-order chi connectivity index (χ0) is 19.2. The maximum Gasteiger partial charge on any atom is 0.283 e. The number of carbonyl (C=O) groups is 1. The van der Waals surface area contributed by atoms with Crippen molar-refractivity contribution < 1.29 is 9.72 Å². The highest BCUT2D eigenvalue weighted by Gasteiger charge is 2.16. The summed E-state index contributed by atoms with van der Waals surface area (Å²) in [6, 6.07) is 13.1. The summed E-state index contributed by atoms with van der Waals surface area (Å²) in [5.74, 6) is -0.278. The van der Waals surface area contributed by atoms with Gasteiger partial charge in [-0.15, -0.1) is 0 Å². The van der Waals surface area contributed by atoms with E-state index in [9.17, 15) is 14.9 Å². The minimum absolute atomic E-state index is 0.0835. The normalized spacial score (nSPS) is 10.9. The molecule has 0 saturated heterocycles. The molecule has 0 N–H and O–H groups in total. The summed E-state index contributed by atoms with van der Waals surface area (Å²) >= 11 is 7.11. The maximum atomic E-state index is 12.2. The van der Waals surface area contributed by atoms with E-state index in [1.54, 1.807) is 54.9 Å². The van der Waals surface area contributed by atoms with Gasteiger partial charge in [0.1, 0.15) is 0 Å². The van der Waals surface area contributed by atoms with Gasteiger partial charge in [-0.05, 0) is 47.7 Å². The fraction of sp³-hybridized carbons (Fsp3) is 0. The van der Waals surface area contributed by atoms with Crippen molar-refractivity contribution in [2.24, 2.45) is 0 Å². The van der Waals surface area contributed by atoms with Gasteiger partial charge in [-0.1, -0.05) is 35.9 Å². The average Bonchev–Trinajstić information content (AvgIpc) is 2.68. The van der Waals surface area contributed by atoms with Crippen LogP contribution in [-0.2, 0) is 0 Å². The highest BCUT2D eigenvalue weighted by Crippen LogP contribution is 2.33. The van der Waals surface area contributed by atoms with Crippen LogP contribution in [0, 0.1) is 10.1 Å². The number of nitro benzene ring substituents is 1. The number of hydrogen-bond donors (Lipinski definition) is 0. The molecule has 3 aromatic rings. The van der Waals surface area contributed by atoms with E-state index in [4.69, 9.17) is 11.6 Å². The number of rotatable bonds is 6. The van der Waals surface area contributed by atoms with E-state index < -0.39 is 4.92 Å². The molecule has 0 aliphatic heterocycles. The third-order valence-electron chi connectivity index (χ3n) is 3.49. The molecule has 0 spiro atoms. The Bertz CT molecular complexity index is 1030. The Morgan fingerprint density at radius 1 is 1.11 bits per heavy atom. The Morgan fingerprint density at radius 2 is 1.85 bits per heavy atom. The lowest BCUT2D eigenvalue weighted by Crippen LogP contribution is -1.95. The van der Waals surface area contributed by atoms with Crippen LogP contribution >= 0.6 is 23.4 Å². The van der Waals surface area contributed by atoms with Crippen LogP contribution < -0.4 is 0 Å². The molecule has 0 saturated carbocycles. The maximum absolute atomic E-state index is 12.2. The van der Waals surface area contributed by atoms with Gasteiger partial charge in [0.2, 0.25) is 0 Å². The van der Waals surface area contributed by atoms with Crippen molar-refractivity contribution in [3.63, 3.8) is 0 Å².